The smallest absolute Gasteiger partial charge is 0.255 e. The Morgan fingerprint density at radius 1 is 0.971 bits per heavy atom. The number of para-hydroxylation sites is 2. The maximum absolute atomic E-state index is 13.6. The van der Waals surface area contributed by atoms with Gasteiger partial charge in [-0.15, -0.1) is 0 Å². The number of carbonyl (C=O) groups excluding carboxylic acids is 3. The number of methoxy groups -OCH3 is 1. The van der Waals surface area contributed by atoms with Gasteiger partial charge in [-0.05, 0) is 30.7 Å². The van der Waals surface area contributed by atoms with Crippen molar-refractivity contribution in [2.45, 2.75) is 30.3 Å². The van der Waals surface area contributed by atoms with Crippen molar-refractivity contribution in [2.24, 2.45) is 0 Å². The summed E-state index contributed by atoms with van der Waals surface area (Å²) in [4.78, 5) is 40.5. The summed E-state index contributed by atoms with van der Waals surface area (Å²) in [5.41, 5.74) is 1.59. The molecule has 1 unspecified atom stereocenters. The van der Waals surface area contributed by atoms with Crippen LogP contribution < -0.4 is 15.0 Å². The van der Waals surface area contributed by atoms with Crippen molar-refractivity contribution in [3.63, 3.8) is 0 Å². The van der Waals surface area contributed by atoms with Crippen LogP contribution in [0.4, 0.5) is 5.69 Å². The van der Waals surface area contributed by atoms with Gasteiger partial charge in [0.1, 0.15) is 11.8 Å². The largest absolute Gasteiger partial charge is 0.495 e. The van der Waals surface area contributed by atoms with Crippen molar-refractivity contribution in [2.75, 3.05) is 38.2 Å². The van der Waals surface area contributed by atoms with E-state index in [9.17, 15) is 22.8 Å². The average molecular weight is 499 g/mol. The first-order valence-electron chi connectivity index (χ1n) is 11.5. The van der Waals surface area contributed by atoms with Gasteiger partial charge in [-0.2, -0.15) is 4.31 Å². The second kappa shape index (κ2) is 8.97. The number of hydrogen-bond acceptors (Lipinski definition) is 7. The molecule has 1 atom stereocenters. The summed E-state index contributed by atoms with van der Waals surface area (Å²) in [6, 6.07) is 11.5. The quantitative estimate of drug-likeness (QED) is 0.611. The number of hydrogen-bond donors (Lipinski definition) is 1. The zero-order chi connectivity index (χ0) is 24.7. The number of ether oxygens (including phenoxy) is 1. The van der Waals surface area contributed by atoms with Crippen LogP contribution in [0.25, 0.3) is 0 Å². The Balaban J connectivity index is 1.36. The van der Waals surface area contributed by atoms with E-state index in [4.69, 9.17) is 4.74 Å². The number of nitrogens with one attached hydrogen (secondary N) is 1. The molecule has 2 aromatic rings. The zero-order valence-electron chi connectivity index (χ0n) is 19.3. The van der Waals surface area contributed by atoms with Gasteiger partial charge in [-0.1, -0.05) is 18.2 Å². The first-order valence-corrected chi connectivity index (χ1v) is 12.9. The van der Waals surface area contributed by atoms with Gasteiger partial charge in [0.15, 0.2) is 0 Å². The van der Waals surface area contributed by atoms with Crippen molar-refractivity contribution in [3.8, 4) is 5.75 Å². The number of carbonyl (C=O) groups is 3. The normalized spacial score (nSPS) is 21.2. The molecule has 1 N–H and O–H groups in total. The summed E-state index contributed by atoms with van der Waals surface area (Å²) in [7, 11) is -2.26. The van der Waals surface area contributed by atoms with E-state index >= 15 is 0 Å². The Hall–Kier alpha value is -3.44. The number of benzene rings is 2. The van der Waals surface area contributed by atoms with Gasteiger partial charge < -0.3 is 14.5 Å². The number of rotatable bonds is 5. The minimum atomic E-state index is -3.87. The van der Waals surface area contributed by atoms with Gasteiger partial charge >= 0.3 is 0 Å². The lowest BCUT2D eigenvalue weighted by Crippen LogP contribution is -2.52. The number of imide groups is 1. The van der Waals surface area contributed by atoms with Gasteiger partial charge in [0.05, 0.1) is 17.7 Å². The van der Waals surface area contributed by atoms with Crippen LogP contribution in [0.15, 0.2) is 47.4 Å². The van der Waals surface area contributed by atoms with Crippen molar-refractivity contribution in [1.82, 2.24) is 14.5 Å². The van der Waals surface area contributed by atoms with Crippen LogP contribution >= 0.6 is 0 Å². The van der Waals surface area contributed by atoms with E-state index in [-0.39, 0.29) is 48.8 Å². The molecule has 10 nitrogen and oxygen atoms in total. The molecule has 3 amide bonds. The summed E-state index contributed by atoms with van der Waals surface area (Å²) in [5.74, 6) is -0.561. The number of nitrogens with zero attached hydrogens (tertiary/aromatic N) is 3. The fourth-order valence-electron chi connectivity index (χ4n) is 5.00. The van der Waals surface area contributed by atoms with Crippen molar-refractivity contribution < 1.29 is 27.5 Å². The highest BCUT2D eigenvalue weighted by Gasteiger charge is 2.42. The topological polar surface area (TPSA) is 116 Å². The second-order valence-corrected chi connectivity index (χ2v) is 10.7. The molecule has 2 aromatic carbocycles. The highest BCUT2D eigenvalue weighted by atomic mass is 32.2. The Kier molecular flexibility index (Phi) is 5.97. The van der Waals surface area contributed by atoms with E-state index < -0.39 is 27.9 Å². The van der Waals surface area contributed by atoms with Gasteiger partial charge in [0.2, 0.25) is 21.8 Å². The molecule has 35 heavy (non-hydrogen) atoms. The Morgan fingerprint density at radius 3 is 2.43 bits per heavy atom. The molecular weight excluding hydrogens is 472 g/mol. The van der Waals surface area contributed by atoms with E-state index in [1.807, 2.05) is 24.3 Å². The monoisotopic (exact) mass is 498 g/mol. The molecule has 0 saturated carbocycles. The van der Waals surface area contributed by atoms with Crippen LogP contribution in [0.3, 0.4) is 0 Å². The average Bonchev–Trinajstić information content (AvgIpc) is 3.20. The van der Waals surface area contributed by atoms with E-state index in [2.05, 4.69) is 10.2 Å². The van der Waals surface area contributed by atoms with Gasteiger partial charge in [-0.25, -0.2) is 8.42 Å². The van der Waals surface area contributed by atoms with E-state index in [0.717, 1.165) is 11.4 Å². The minimum absolute atomic E-state index is 0.0109. The molecule has 0 aromatic heterocycles. The molecular formula is C24H26N4O6S. The highest BCUT2D eigenvalue weighted by molar-refractivity contribution is 7.89. The lowest BCUT2D eigenvalue weighted by molar-refractivity contribution is -0.136. The first-order chi connectivity index (χ1) is 16.8. The van der Waals surface area contributed by atoms with Gasteiger partial charge in [-0.3, -0.25) is 19.7 Å². The maximum Gasteiger partial charge on any atom is 0.255 e. The number of amides is 3. The van der Waals surface area contributed by atoms with Gasteiger partial charge in [0, 0.05) is 50.3 Å². The third-order valence-corrected chi connectivity index (χ3v) is 8.80. The molecule has 3 aliphatic rings. The Labute approximate surface area is 203 Å². The highest BCUT2D eigenvalue weighted by Crippen LogP contribution is 2.34. The van der Waals surface area contributed by atoms with Crippen LogP contribution in [0.2, 0.25) is 0 Å². The molecule has 2 fully saturated rings. The molecule has 3 aliphatic heterocycles. The Morgan fingerprint density at radius 2 is 1.71 bits per heavy atom. The molecule has 11 heteroatoms. The van der Waals surface area contributed by atoms with E-state index in [0.29, 0.717) is 18.7 Å². The fraction of sp³-hybridized carbons (Fsp3) is 0.375. The summed E-state index contributed by atoms with van der Waals surface area (Å²) in [5, 5.41) is 2.26. The molecule has 0 spiro atoms. The van der Waals surface area contributed by atoms with Gasteiger partial charge in [0.25, 0.3) is 5.91 Å². The summed E-state index contributed by atoms with van der Waals surface area (Å²) < 4.78 is 34.2. The van der Waals surface area contributed by atoms with E-state index in [1.54, 1.807) is 19.2 Å². The number of anilines is 1. The molecule has 0 radical (unpaired) electrons. The van der Waals surface area contributed by atoms with Crippen molar-refractivity contribution in [3.05, 3.63) is 53.6 Å². The second-order valence-electron chi connectivity index (χ2n) is 8.75. The minimum Gasteiger partial charge on any atom is -0.495 e. The van der Waals surface area contributed by atoms with Crippen LogP contribution in [0.1, 0.15) is 28.8 Å². The molecule has 3 heterocycles. The molecule has 0 bridgehead atoms. The van der Waals surface area contributed by atoms with Crippen LogP contribution in [0, 0.1) is 0 Å². The summed E-state index contributed by atoms with van der Waals surface area (Å²) in [6.45, 7) is 1.58. The third-order valence-electron chi connectivity index (χ3n) is 6.82. The van der Waals surface area contributed by atoms with Crippen molar-refractivity contribution >= 4 is 33.4 Å². The predicted molar refractivity (Wildman–Crippen MR) is 126 cm³/mol. The fourth-order valence-corrected chi connectivity index (χ4v) is 6.66. The summed E-state index contributed by atoms with van der Waals surface area (Å²) in [6.07, 6.45) is 0.357. The Bertz CT molecular complexity index is 1300. The SMILES string of the molecule is COc1ccccc1N1CCN(S(=O)(=O)c2cccc3c2CN(C2CCC(=O)NC2=O)C3=O)CC1. The molecule has 2 saturated heterocycles. The number of sulfonamides is 1. The lowest BCUT2D eigenvalue weighted by atomic mass is 10.0. The first kappa shape index (κ1) is 23.3. The molecule has 0 aliphatic carbocycles. The maximum atomic E-state index is 13.6. The van der Waals surface area contributed by atoms with Crippen LogP contribution in [-0.2, 0) is 26.2 Å². The number of fused-ring (bicyclic) bond motifs is 1. The lowest BCUT2D eigenvalue weighted by Gasteiger charge is -2.36. The predicted octanol–water partition coefficient (Wildman–Crippen LogP) is 0.967. The summed E-state index contributed by atoms with van der Waals surface area (Å²) >= 11 is 0. The molecule has 184 valence electrons. The zero-order valence-corrected chi connectivity index (χ0v) is 20.1. The number of piperazine rings is 1. The van der Waals surface area contributed by atoms with E-state index in [1.165, 1.54) is 15.3 Å². The standard InChI is InChI=1S/C24H26N4O6S/c1-34-20-7-3-2-6-18(20)26-11-13-27(14-12-26)35(32,33)21-8-4-5-16-17(21)15-28(24(16)31)19-9-10-22(29)25-23(19)30/h2-8,19H,9-15H2,1H3,(H,25,29,30). The van der Waals surface area contributed by atoms with Crippen LogP contribution in [-0.4, -0.2) is 74.7 Å². The number of piperidine rings is 1. The van der Waals surface area contributed by atoms with Crippen LogP contribution in [0.5, 0.6) is 5.75 Å². The molecule has 5 rings (SSSR count). The third kappa shape index (κ3) is 4.04. The van der Waals surface area contributed by atoms with Crippen molar-refractivity contribution in [1.29, 1.82) is 0 Å².